The first-order chi connectivity index (χ1) is 25.5. The van der Waals surface area contributed by atoms with Gasteiger partial charge >= 0.3 is 0 Å². The average Bonchev–Trinajstić information content (AvgIpc) is 3.66. The number of para-hydroxylation sites is 1. The molecule has 9 aromatic rings. The van der Waals surface area contributed by atoms with E-state index in [-0.39, 0.29) is 5.41 Å². The lowest BCUT2D eigenvalue weighted by Gasteiger charge is -2.22. The summed E-state index contributed by atoms with van der Waals surface area (Å²) in [6, 6.07) is 62.9. The lowest BCUT2D eigenvalue weighted by atomic mass is 9.81. The summed E-state index contributed by atoms with van der Waals surface area (Å²) in [4.78, 5) is 10.4. The summed E-state index contributed by atoms with van der Waals surface area (Å²) in [7, 11) is 0. The monoisotopic (exact) mass is 665 g/mol. The minimum atomic E-state index is -0.0577. The largest absolute Gasteiger partial charge is 0.278 e. The van der Waals surface area contributed by atoms with Crippen LogP contribution < -0.4 is 0 Å². The third-order valence-corrected chi connectivity index (χ3v) is 10.9. The van der Waals surface area contributed by atoms with Crippen LogP contribution in [-0.4, -0.2) is 14.5 Å². The number of hydrogen-bond donors (Lipinski definition) is 0. The Hall–Kier alpha value is -6.58. The predicted molar refractivity (Wildman–Crippen MR) is 216 cm³/mol. The molecule has 3 heteroatoms. The fourth-order valence-electron chi connectivity index (χ4n) is 8.26. The van der Waals surface area contributed by atoms with Crippen LogP contribution in [0.3, 0.4) is 0 Å². The van der Waals surface area contributed by atoms with E-state index in [1.54, 1.807) is 0 Å². The van der Waals surface area contributed by atoms with Gasteiger partial charge in [0.25, 0.3) is 0 Å². The molecule has 52 heavy (non-hydrogen) atoms. The Balaban J connectivity index is 1.14. The molecule has 0 spiro atoms. The molecule has 0 saturated carbocycles. The molecule has 0 atom stereocenters. The zero-order chi connectivity index (χ0) is 34.8. The summed E-state index contributed by atoms with van der Waals surface area (Å²) in [5.41, 5.74) is 16.3. The molecule has 0 radical (unpaired) electrons. The molecule has 1 aliphatic rings. The quantitative estimate of drug-likeness (QED) is 0.183. The van der Waals surface area contributed by atoms with Crippen molar-refractivity contribution in [1.29, 1.82) is 0 Å². The van der Waals surface area contributed by atoms with Crippen molar-refractivity contribution in [3.8, 4) is 61.8 Å². The highest BCUT2D eigenvalue weighted by Gasteiger charge is 2.35. The van der Waals surface area contributed by atoms with E-state index >= 15 is 0 Å². The number of aromatic nitrogens is 3. The van der Waals surface area contributed by atoms with Crippen molar-refractivity contribution in [2.75, 3.05) is 0 Å². The molecule has 0 saturated heterocycles. The Labute approximate surface area is 303 Å². The summed E-state index contributed by atoms with van der Waals surface area (Å²) >= 11 is 0. The van der Waals surface area contributed by atoms with Crippen LogP contribution in [0.1, 0.15) is 25.0 Å². The molecule has 7 aromatic carbocycles. The van der Waals surface area contributed by atoms with Crippen LogP contribution in [0, 0.1) is 0 Å². The number of fused-ring (bicyclic) bond motifs is 6. The Morgan fingerprint density at radius 3 is 1.60 bits per heavy atom. The van der Waals surface area contributed by atoms with E-state index < -0.39 is 0 Å². The smallest absolute Gasteiger partial charge is 0.235 e. The van der Waals surface area contributed by atoms with Gasteiger partial charge < -0.3 is 0 Å². The van der Waals surface area contributed by atoms with E-state index in [9.17, 15) is 0 Å². The van der Waals surface area contributed by atoms with E-state index in [2.05, 4.69) is 182 Å². The number of benzene rings is 7. The topological polar surface area (TPSA) is 30.7 Å². The minimum Gasteiger partial charge on any atom is -0.278 e. The predicted octanol–water partition coefficient (Wildman–Crippen LogP) is 12.5. The minimum absolute atomic E-state index is 0.0577. The normalized spacial score (nSPS) is 13.0. The third-order valence-electron chi connectivity index (χ3n) is 10.9. The van der Waals surface area contributed by atoms with E-state index in [0.29, 0.717) is 5.95 Å². The molecule has 0 fully saturated rings. The van der Waals surface area contributed by atoms with Crippen LogP contribution in [0.25, 0.3) is 83.6 Å². The van der Waals surface area contributed by atoms with Crippen LogP contribution in [0.5, 0.6) is 0 Å². The van der Waals surface area contributed by atoms with Gasteiger partial charge in [0.15, 0.2) is 0 Å². The van der Waals surface area contributed by atoms with Gasteiger partial charge in [0.1, 0.15) is 0 Å². The molecule has 246 valence electrons. The maximum absolute atomic E-state index is 5.21. The molecule has 2 heterocycles. The third kappa shape index (κ3) is 4.74. The van der Waals surface area contributed by atoms with Crippen molar-refractivity contribution in [2.24, 2.45) is 0 Å². The molecule has 2 aromatic heterocycles. The first-order valence-corrected chi connectivity index (χ1v) is 17.9. The van der Waals surface area contributed by atoms with Crippen molar-refractivity contribution < 1.29 is 0 Å². The van der Waals surface area contributed by atoms with Crippen molar-refractivity contribution in [1.82, 2.24) is 14.5 Å². The van der Waals surface area contributed by atoms with Gasteiger partial charge in [0.2, 0.25) is 5.95 Å². The Morgan fingerprint density at radius 1 is 0.385 bits per heavy atom. The van der Waals surface area contributed by atoms with Crippen LogP contribution in [-0.2, 0) is 5.41 Å². The fourth-order valence-corrected chi connectivity index (χ4v) is 8.26. The highest BCUT2D eigenvalue weighted by molar-refractivity contribution is 6.10. The lowest BCUT2D eigenvalue weighted by molar-refractivity contribution is 0.660. The maximum Gasteiger partial charge on any atom is 0.235 e. The second-order valence-electron chi connectivity index (χ2n) is 14.2. The number of rotatable bonds is 5. The SMILES string of the molecule is CC1(C)c2ccccc2-c2ccc(-c3ccccc3-c3ccc4c(c3)c3ccccc3n4-c3nc(-c4ccccc4)cc(-c4ccccc4)n3)cc21. The molecule has 10 rings (SSSR count). The van der Waals surface area contributed by atoms with Crippen molar-refractivity contribution in [3.63, 3.8) is 0 Å². The lowest BCUT2D eigenvalue weighted by Crippen LogP contribution is -2.14. The van der Waals surface area contributed by atoms with Gasteiger partial charge in [0, 0.05) is 27.3 Å². The average molecular weight is 666 g/mol. The molecular formula is C49H35N3. The second-order valence-corrected chi connectivity index (χ2v) is 14.2. The van der Waals surface area contributed by atoms with Crippen molar-refractivity contribution >= 4 is 21.8 Å². The number of nitrogens with zero attached hydrogens (tertiary/aromatic N) is 3. The molecule has 0 bridgehead atoms. The van der Waals surface area contributed by atoms with Gasteiger partial charge in [-0.25, -0.2) is 9.97 Å². The second kappa shape index (κ2) is 11.8. The zero-order valence-corrected chi connectivity index (χ0v) is 29.1. The molecular weight excluding hydrogens is 631 g/mol. The Morgan fingerprint density at radius 2 is 0.904 bits per heavy atom. The Bertz CT molecular complexity index is 2750. The van der Waals surface area contributed by atoms with E-state index in [0.717, 1.165) is 33.5 Å². The molecule has 1 aliphatic carbocycles. The highest BCUT2D eigenvalue weighted by atomic mass is 15.2. The van der Waals surface area contributed by atoms with Gasteiger partial charge in [0.05, 0.1) is 22.4 Å². The summed E-state index contributed by atoms with van der Waals surface area (Å²) in [5, 5.41) is 2.34. The highest BCUT2D eigenvalue weighted by Crippen LogP contribution is 2.50. The molecule has 0 N–H and O–H groups in total. The molecule has 0 aliphatic heterocycles. The van der Waals surface area contributed by atoms with Gasteiger partial charge in [-0.2, -0.15) is 0 Å². The Kier molecular flexibility index (Phi) is 6.84. The van der Waals surface area contributed by atoms with E-state index in [1.807, 2.05) is 12.1 Å². The summed E-state index contributed by atoms with van der Waals surface area (Å²) < 4.78 is 2.22. The zero-order valence-electron chi connectivity index (χ0n) is 29.1. The van der Waals surface area contributed by atoms with Gasteiger partial charge in [-0.15, -0.1) is 0 Å². The molecule has 0 unspecified atom stereocenters. The summed E-state index contributed by atoms with van der Waals surface area (Å²) in [6.45, 7) is 4.69. The summed E-state index contributed by atoms with van der Waals surface area (Å²) in [6.07, 6.45) is 0. The van der Waals surface area contributed by atoms with Crippen LogP contribution in [0.4, 0.5) is 0 Å². The van der Waals surface area contributed by atoms with Crippen molar-refractivity contribution in [2.45, 2.75) is 19.3 Å². The molecule has 3 nitrogen and oxygen atoms in total. The first-order valence-electron chi connectivity index (χ1n) is 17.9. The van der Waals surface area contributed by atoms with Crippen LogP contribution in [0.2, 0.25) is 0 Å². The van der Waals surface area contributed by atoms with Crippen LogP contribution >= 0.6 is 0 Å². The summed E-state index contributed by atoms with van der Waals surface area (Å²) in [5.74, 6) is 0.654. The van der Waals surface area contributed by atoms with Gasteiger partial charge in [-0.1, -0.05) is 159 Å². The number of hydrogen-bond acceptors (Lipinski definition) is 2. The van der Waals surface area contributed by atoms with Gasteiger partial charge in [-0.3, -0.25) is 4.57 Å². The van der Waals surface area contributed by atoms with E-state index in [4.69, 9.17) is 9.97 Å². The maximum atomic E-state index is 5.21. The van der Waals surface area contributed by atoms with E-state index in [1.165, 1.54) is 55.3 Å². The first kappa shape index (κ1) is 30.3. The molecule has 0 amide bonds. The van der Waals surface area contributed by atoms with Crippen molar-refractivity contribution in [3.05, 3.63) is 187 Å². The van der Waals surface area contributed by atoms with Gasteiger partial charge in [-0.05, 0) is 74.8 Å². The fraction of sp³-hybridized carbons (Fsp3) is 0.0612. The standard InChI is InChI=1S/C49H35N3/c1-49(2)42-23-13-11-21-38(42)39-27-25-35(30-43(39)49)37-20-10-9-19-36(37)34-26-28-47-41(29-34)40-22-12-14-24-46(40)52(47)48-50-44(32-15-5-3-6-16-32)31-45(51-48)33-17-7-4-8-18-33/h3-31H,1-2H3. The van der Waals surface area contributed by atoms with Crippen LogP contribution in [0.15, 0.2) is 176 Å².